The highest BCUT2D eigenvalue weighted by molar-refractivity contribution is 7.89. The van der Waals surface area contributed by atoms with Gasteiger partial charge in [-0.15, -0.1) is 17.9 Å². The molecule has 6 nitrogen and oxygen atoms in total. The summed E-state index contributed by atoms with van der Waals surface area (Å²) < 4.78 is 27.4. The smallest absolute Gasteiger partial charge is 0.261 e. The van der Waals surface area contributed by atoms with Crippen molar-refractivity contribution in [1.82, 2.24) is 9.29 Å². The van der Waals surface area contributed by atoms with Gasteiger partial charge in [0.05, 0.1) is 21.2 Å². The van der Waals surface area contributed by atoms with E-state index >= 15 is 0 Å². The van der Waals surface area contributed by atoms with Crippen molar-refractivity contribution < 1.29 is 13.2 Å². The van der Waals surface area contributed by atoms with E-state index in [1.54, 1.807) is 6.08 Å². The summed E-state index contributed by atoms with van der Waals surface area (Å²) in [7, 11) is -3.68. The van der Waals surface area contributed by atoms with Crippen molar-refractivity contribution in [3.63, 3.8) is 0 Å². The maximum atomic E-state index is 13.5. The molecule has 0 aliphatic carbocycles. The van der Waals surface area contributed by atoms with Crippen LogP contribution in [0.2, 0.25) is 5.02 Å². The maximum Gasteiger partial charge on any atom is 0.261 e. The molecular weight excluding hydrogens is 466 g/mol. The fourth-order valence-electron chi connectivity index (χ4n) is 3.56. The van der Waals surface area contributed by atoms with Gasteiger partial charge in [-0.25, -0.2) is 13.4 Å². The van der Waals surface area contributed by atoms with E-state index in [2.05, 4.69) is 11.6 Å². The molecule has 2 aromatic carbocycles. The first-order valence-electron chi connectivity index (χ1n) is 10.1. The number of rotatable bonds is 7. The van der Waals surface area contributed by atoms with E-state index in [-0.39, 0.29) is 22.0 Å². The van der Waals surface area contributed by atoms with Crippen LogP contribution in [0.15, 0.2) is 71.5 Å². The molecule has 0 bridgehead atoms. The van der Waals surface area contributed by atoms with Gasteiger partial charge in [-0.05, 0) is 31.0 Å². The third-order valence-electron chi connectivity index (χ3n) is 5.22. The molecule has 9 heteroatoms. The Morgan fingerprint density at radius 2 is 1.91 bits per heavy atom. The number of carbonyl (C=O) groups is 1. The molecular formula is C23H22ClN3O3S2. The second-order valence-electron chi connectivity index (χ2n) is 7.34. The Morgan fingerprint density at radius 1 is 1.19 bits per heavy atom. The van der Waals surface area contributed by atoms with Gasteiger partial charge in [-0.1, -0.05) is 48.0 Å². The zero-order chi connectivity index (χ0) is 22.7. The summed E-state index contributed by atoms with van der Waals surface area (Å²) in [5, 5.41) is 2.55. The molecule has 0 unspecified atom stereocenters. The molecule has 1 aliphatic rings. The molecule has 166 valence electrons. The number of carbonyl (C=O) groups excluding carboxylic acids is 1. The fourth-order valence-corrected chi connectivity index (χ4v) is 6.14. The number of benzene rings is 2. The van der Waals surface area contributed by atoms with Crippen LogP contribution < -0.4 is 4.90 Å². The lowest BCUT2D eigenvalue weighted by atomic mass is 10.2. The number of aromatic nitrogens is 1. The van der Waals surface area contributed by atoms with E-state index in [4.69, 9.17) is 11.6 Å². The van der Waals surface area contributed by atoms with E-state index in [1.807, 2.05) is 35.7 Å². The Balaban J connectivity index is 1.68. The zero-order valence-electron chi connectivity index (χ0n) is 17.3. The summed E-state index contributed by atoms with van der Waals surface area (Å²) >= 11 is 7.66. The van der Waals surface area contributed by atoms with Gasteiger partial charge < -0.3 is 0 Å². The summed E-state index contributed by atoms with van der Waals surface area (Å²) in [6.07, 6.45) is 3.26. The third kappa shape index (κ3) is 4.49. The molecule has 2 heterocycles. The van der Waals surface area contributed by atoms with Crippen molar-refractivity contribution in [3.05, 3.63) is 77.2 Å². The van der Waals surface area contributed by atoms with Crippen LogP contribution >= 0.6 is 22.9 Å². The van der Waals surface area contributed by atoms with Gasteiger partial charge in [-0.3, -0.25) is 9.69 Å². The normalized spacial score (nSPS) is 14.4. The minimum Gasteiger partial charge on any atom is -0.280 e. The number of sulfonamides is 1. The fraction of sp³-hybridized carbons (Fsp3) is 0.217. The van der Waals surface area contributed by atoms with Gasteiger partial charge in [0.2, 0.25) is 10.0 Å². The molecule has 32 heavy (non-hydrogen) atoms. The SMILES string of the molecule is C=CCN(C(=O)c1cc(S(=O)(=O)N2CCCC2)ccc1Cl)c1nc(-c2ccccc2)cs1. The molecule has 1 amide bonds. The number of hydrogen-bond acceptors (Lipinski definition) is 5. The lowest BCUT2D eigenvalue weighted by Gasteiger charge is -2.20. The first kappa shape index (κ1) is 22.7. The Hall–Kier alpha value is -2.52. The number of halogens is 1. The van der Waals surface area contributed by atoms with Crippen LogP contribution in [-0.2, 0) is 10.0 Å². The first-order valence-corrected chi connectivity index (χ1v) is 12.8. The van der Waals surface area contributed by atoms with Crippen molar-refractivity contribution in [2.24, 2.45) is 0 Å². The van der Waals surface area contributed by atoms with Gasteiger partial charge in [0.15, 0.2) is 5.13 Å². The average Bonchev–Trinajstić information content (AvgIpc) is 3.51. The van der Waals surface area contributed by atoms with E-state index in [0.717, 1.165) is 24.1 Å². The van der Waals surface area contributed by atoms with Crippen LogP contribution in [0.5, 0.6) is 0 Å². The second-order valence-corrected chi connectivity index (χ2v) is 10.5. The van der Waals surface area contributed by atoms with Crippen LogP contribution in [0.4, 0.5) is 5.13 Å². The summed E-state index contributed by atoms with van der Waals surface area (Å²) in [5.41, 5.74) is 1.81. The third-order valence-corrected chi connectivity index (χ3v) is 8.31. The van der Waals surface area contributed by atoms with Gasteiger partial charge in [-0.2, -0.15) is 4.31 Å². The van der Waals surface area contributed by atoms with Gasteiger partial charge in [0, 0.05) is 30.6 Å². The molecule has 1 aliphatic heterocycles. The predicted molar refractivity (Wildman–Crippen MR) is 129 cm³/mol. The highest BCUT2D eigenvalue weighted by Crippen LogP contribution is 2.31. The van der Waals surface area contributed by atoms with Crippen molar-refractivity contribution in [2.75, 3.05) is 24.5 Å². The molecule has 1 aromatic heterocycles. The Kier molecular flexibility index (Phi) is 6.76. The minimum atomic E-state index is -3.68. The molecule has 1 saturated heterocycles. The Labute approximate surface area is 196 Å². The summed E-state index contributed by atoms with van der Waals surface area (Å²) in [6, 6.07) is 13.9. The van der Waals surface area contributed by atoms with Crippen LogP contribution in [0, 0.1) is 0 Å². The molecule has 1 fully saturated rings. The monoisotopic (exact) mass is 487 g/mol. The summed E-state index contributed by atoms with van der Waals surface area (Å²) in [6.45, 7) is 4.92. The second kappa shape index (κ2) is 9.54. The van der Waals surface area contributed by atoms with Crippen LogP contribution in [-0.4, -0.2) is 43.2 Å². The lowest BCUT2D eigenvalue weighted by molar-refractivity contribution is 0.0989. The standard InChI is InChI=1S/C23H22ClN3O3S2/c1-2-12-27(23-25-21(16-31-23)17-8-4-3-5-9-17)22(28)19-15-18(10-11-20(19)24)32(29,30)26-13-6-7-14-26/h2-5,8-11,15-16H,1,6-7,12-14H2. The number of nitrogens with zero attached hydrogens (tertiary/aromatic N) is 3. The molecule has 4 rings (SSSR count). The largest absolute Gasteiger partial charge is 0.280 e. The van der Waals surface area contributed by atoms with Gasteiger partial charge in [0.25, 0.3) is 5.91 Å². The van der Waals surface area contributed by atoms with Crippen molar-refractivity contribution in [1.29, 1.82) is 0 Å². The van der Waals surface area contributed by atoms with Crippen molar-refractivity contribution in [2.45, 2.75) is 17.7 Å². The molecule has 0 saturated carbocycles. The number of hydrogen-bond donors (Lipinski definition) is 0. The molecule has 3 aromatic rings. The molecule has 0 N–H and O–H groups in total. The summed E-state index contributed by atoms with van der Waals surface area (Å²) in [4.78, 5) is 19.6. The van der Waals surface area contributed by atoms with E-state index in [0.29, 0.717) is 18.2 Å². The van der Waals surface area contributed by atoms with Crippen LogP contribution in [0.3, 0.4) is 0 Å². The first-order chi connectivity index (χ1) is 15.4. The van der Waals surface area contributed by atoms with Gasteiger partial charge in [0.1, 0.15) is 0 Å². The topological polar surface area (TPSA) is 70.6 Å². The Morgan fingerprint density at radius 3 is 2.59 bits per heavy atom. The number of thiazole rings is 1. The summed E-state index contributed by atoms with van der Waals surface area (Å²) in [5.74, 6) is -0.428. The Bertz CT molecular complexity index is 1240. The number of amides is 1. The zero-order valence-corrected chi connectivity index (χ0v) is 19.7. The lowest BCUT2D eigenvalue weighted by Crippen LogP contribution is -2.32. The average molecular weight is 488 g/mol. The number of anilines is 1. The van der Waals surface area contributed by atoms with E-state index < -0.39 is 15.9 Å². The van der Waals surface area contributed by atoms with Crippen LogP contribution in [0.1, 0.15) is 23.2 Å². The minimum absolute atomic E-state index is 0.0646. The quantitative estimate of drug-likeness (QED) is 0.436. The van der Waals surface area contributed by atoms with E-state index in [1.165, 1.54) is 38.7 Å². The van der Waals surface area contributed by atoms with Crippen LogP contribution in [0.25, 0.3) is 11.3 Å². The maximum absolute atomic E-state index is 13.5. The molecule has 0 spiro atoms. The van der Waals surface area contributed by atoms with E-state index in [9.17, 15) is 13.2 Å². The highest BCUT2D eigenvalue weighted by Gasteiger charge is 2.29. The predicted octanol–water partition coefficient (Wildman–Crippen LogP) is 5.08. The molecule has 0 atom stereocenters. The van der Waals surface area contributed by atoms with Crippen molar-refractivity contribution in [3.8, 4) is 11.3 Å². The highest BCUT2D eigenvalue weighted by atomic mass is 35.5. The van der Waals surface area contributed by atoms with Crippen molar-refractivity contribution >= 4 is 44.0 Å². The molecule has 0 radical (unpaired) electrons. The van der Waals surface area contributed by atoms with Gasteiger partial charge >= 0.3 is 0 Å².